The average molecular weight is 440 g/mol. The van der Waals surface area contributed by atoms with Gasteiger partial charge in [-0.1, -0.05) is 59.9 Å². The zero-order valence-corrected chi connectivity index (χ0v) is 18.1. The van der Waals surface area contributed by atoms with E-state index in [0.717, 1.165) is 33.2 Å². The molecule has 0 saturated heterocycles. The third-order valence-corrected chi connectivity index (χ3v) is 6.96. The molecule has 32 heavy (non-hydrogen) atoms. The first-order valence-electron chi connectivity index (χ1n) is 10.3. The lowest BCUT2D eigenvalue weighted by molar-refractivity contribution is 0.600. The molecular formula is C26H18FN3OS. The van der Waals surface area contributed by atoms with Crippen LogP contribution in [0.15, 0.2) is 77.6 Å². The Balaban J connectivity index is 1.58. The maximum absolute atomic E-state index is 14.4. The van der Waals surface area contributed by atoms with Crippen molar-refractivity contribution in [1.29, 1.82) is 0 Å². The smallest absolute Gasteiger partial charge is 0.274 e. The normalized spacial score (nSPS) is 12.5. The van der Waals surface area contributed by atoms with Crippen LogP contribution in [0.3, 0.4) is 0 Å². The first kappa shape index (κ1) is 19.0. The van der Waals surface area contributed by atoms with E-state index in [1.807, 2.05) is 73.7 Å². The van der Waals surface area contributed by atoms with Crippen molar-refractivity contribution in [1.82, 2.24) is 14.0 Å². The number of benzene rings is 3. The van der Waals surface area contributed by atoms with Gasteiger partial charge in [0.15, 0.2) is 4.96 Å². The molecule has 0 aliphatic rings. The fourth-order valence-corrected chi connectivity index (χ4v) is 5.35. The van der Waals surface area contributed by atoms with Gasteiger partial charge >= 0.3 is 0 Å². The average Bonchev–Trinajstić information content (AvgIpc) is 3.41. The van der Waals surface area contributed by atoms with Crippen molar-refractivity contribution in [3.05, 3.63) is 110 Å². The Labute approximate surface area is 186 Å². The van der Waals surface area contributed by atoms with Gasteiger partial charge in [0.05, 0.1) is 22.1 Å². The SMILES string of the molecule is Cc1c(C=c2sc3nc4ccccc4n3c2=O)c2ccccc2n1Cc1ccccc1F. The summed E-state index contributed by atoms with van der Waals surface area (Å²) in [6.07, 6.45) is 1.95. The van der Waals surface area contributed by atoms with Crippen LogP contribution in [0, 0.1) is 12.7 Å². The van der Waals surface area contributed by atoms with Gasteiger partial charge < -0.3 is 4.57 Å². The number of halogens is 1. The van der Waals surface area contributed by atoms with Crippen molar-refractivity contribution in [3.8, 4) is 0 Å². The Morgan fingerprint density at radius 3 is 2.53 bits per heavy atom. The van der Waals surface area contributed by atoms with Crippen LogP contribution in [-0.2, 0) is 6.54 Å². The van der Waals surface area contributed by atoms with E-state index in [2.05, 4.69) is 9.55 Å². The lowest BCUT2D eigenvalue weighted by atomic mass is 10.1. The van der Waals surface area contributed by atoms with Crippen LogP contribution in [0.4, 0.5) is 4.39 Å². The summed E-state index contributed by atoms with van der Waals surface area (Å²) in [5.41, 5.74) is 5.19. The van der Waals surface area contributed by atoms with Crippen LogP contribution in [0.2, 0.25) is 0 Å². The highest BCUT2D eigenvalue weighted by atomic mass is 32.1. The van der Waals surface area contributed by atoms with Gasteiger partial charge in [0.2, 0.25) is 0 Å². The lowest BCUT2D eigenvalue weighted by Gasteiger charge is -2.09. The molecular weight excluding hydrogens is 421 g/mol. The summed E-state index contributed by atoms with van der Waals surface area (Å²) in [5.74, 6) is -0.219. The quantitative estimate of drug-likeness (QED) is 0.393. The van der Waals surface area contributed by atoms with Gasteiger partial charge in [-0.3, -0.25) is 4.79 Å². The van der Waals surface area contributed by atoms with Crippen LogP contribution < -0.4 is 10.1 Å². The second kappa shape index (κ2) is 7.14. The Hall–Kier alpha value is -3.77. The molecule has 0 aliphatic heterocycles. The van der Waals surface area contributed by atoms with Crippen molar-refractivity contribution < 1.29 is 4.39 Å². The minimum absolute atomic E-state index is 0.0657. The molecule has 4 nitrogen and oxygen atoms in total. The molecule has 6 rings (SSSR count). The summed E-state index contributed by atoms with van der Waals surface area (Å²) in [6.45, 7) is 2.45. The maximum atomic E-state index is 14.4. The van der Waals surface area contributed by atoms with E-state index < -0.39 is 0 Å². The Morgan fingerprint density at radius 2 is 1.69 bits per heavy atom. The molecule has 6 aromatic rings. The van der Waals surface area contributed by atoms with Crippen LogP contribution in [0.25, 0.3) is 33.0 Å². The van der Waals surface area contributed by atoms with Gasteiger partial charge in [-0.15, -0.1) is 0 Å². The number of rotatable bonds is 3. The lowest BCUT2D eigenvalue weighted by Crippen LogP contribution is -2.22. The highest BCUT2D eigenvalue weighted by Crippen LogP contribution is 2.28. The largest absolute Gasteiger partial charge is 0.340 e. The third kappa shape index (κ3) is 2.80. The minimum Gasteiger partial charge on any atom is -0.340 e. The van der Waals surface area contributed by atoms with Crippen LogP contribution in [0.1, 0.15) is 16.8 Å². The summed E-state index contributed by atoms with van der Waals surface area (Å²) < 4.78 is 18.8. The molecule has 0 N–H and O–H groups in total. The Bertz CT molecular complexity index is 1760. The summed E-state index contributed by atoms with van der Waals surface area (Å²) in [4.78, 5) is 18.5. The standard InChI is InChI=1S/C26H18FN3OS/c1-16-19(14-24-25(31)30-23-13-7-5-11-21(23)28-26(30)32-24)18-9-3-6-12-22(18)29(16)15-17-8-2-4-10-20(17)27/h2-14H,15H2,1H3. The summed E-state index contributed by atoms with van der Waals surface area (Å²) in [5, 5.41) is 1.04. The fraction of sp³-hybridized carbons (Fsp3) is 0.0769. The zero-order valence-electron chi connectivity index (χ0n) is 17.2. The first-order valence-corrected chi connectivity index (χ1v) is 11.2. The van der Waals surface area contributed by atoms with E-state index in [0.29, 0.717) is 21.6 Å². The third-order valence-electron chi connectivity index (χ3n) is 5.99. The molecule has 3 aromatic heterocycles. The molecule has 156 valence electrons. The zero-order chi connectivity index (χ0) is 21.8. The van der Waals surface area contributed by atoms with Gasteiger partial charge in [0, 0.05) is 27.7 Å². The van der Waals surface area contributed by atoms with Crippen LogP contribution >= 0.6 is 11.3 Å². The highest BCUT2D eigenvalue weighted by Gasteiger charge is 2.16. The summed E-state index contributed by atoms with van der Waals surface area (Å²) in [6, 6.07) is 22.6. The predicted octanol–water partition coefficient (Wildman–Crippen LogP) is 4.91. The molecule has 0 saturated carbocycles. The van der Waals surface area contributed by atoms with E-state index in [-0.39, 0.29) is 11.4 Å². The number of fused-ring (bicyclic) bond motifs is 4. The number of hydrogen-bond acceptors (Lipinski definition) is 3. The molecule has 3 aromatic carbocycles. The number of nitrogens with zero attached hydrogens (tertiary/aromatic N) is 3. The summed E-state index contributed by atoms with van der Waals surface area (Å²) in [7, 11) is 0. The van der Waals surface area contributed by atoms with E-state index in [4.69, 9.17) is 0 Å². The molecule has 3 heterocycles. The van der Waals surface area contributed by atoms with Gasteiger partial charge in [-0.2, -0.15) is 0 Å². The van der Waals surface area contributed by atoms with Crippen LogP contribution in [0.5, 0.6) is 0 Å². The fourth-order valence-electron chi connectivity index (χ4n) is 4.38. The Kier molecular flexibility index (Phi) is 4.23. The molecule has 0 amide bonds. The molecule has 0 atom stereocenters. The van der Waals surface area contributed by atoms with Crippen molar-refractivity contribution in [3.63, 3.8) is 0 Å². The van der Waals surface area contributed by atoms with Crippen molar-refractivity contribution >= 4 is 44.3 Å². The van der Waals surface area contributed by atoms with Crippen molar-refractivity contribution in [2.45, 2.75) is 13.5 Å². The second-order valence-electron chi connectivity index (χ2n) is 7.83. The number of para-hydroxylation sites is 3. The van der Waals surface area contributed by atoms with E-state index in [9.17, 15) is 9.18 Å². The van der Waals surface area contributed by atoms with Crippen LogP contribution in [-0.4, -0.2) is 14.0 Å². The molecule has 0 unspecified atom stereocenters. The monoisotopic (exact) mass is 439 g/mol. The second-order valence-corrected chi connectivity index (χ2v) is 8.84. The molecule has 0 radical (unpaired) electrons. The molecule has 0 bridgehead atoms. The first-order chi connectivity index (χ1) is 15.6. The Morgan fingerprint density at radius 1 is 0.969 bits per heavy atom. The van der Waals surface area contributed by atoms with E-state index >= 15 is 0 Å². The molecule has 0 spiro atoms. The van der Waals surface area contributed by atoms with Gasteiger partial charge in [0.25, 0.3) is 5.56 Å². The van der Waals surface area contributed by atoms with E-state index in [1.54, 1.807) is 10.5 Å². The predicted molar refractivity (Wildman–Crippen MR) is 128 cm³/mol. The number of thiazole rings is 1. The van der Waals surface area contributed by atoms with Crippen molar-refractivity contribution in [2.24, 2.45) is 0 Å². The molecule has 0 fully saturated rings. The van der Waals surface area contributed by atoms with Gasteiger partial charge in [-0.25, -0.2) is 13.8 Å². The van der Waals surface area contributed by atoms with Gasteiger partial charge in [-0.05, 0) is 37.3 Å². The number of aromatic nitrogens is 3. The number of imidazole rings is 1. The van der Waals surface area contributed by atoms with Crippen molar-refractivity contribution in [2.75, 3.05) is 0 Å². The summed E-state index contributed by atoms with van der Waals surface area (Å²) >= 11 is 1.39. The minimum atomic E-state index is -0.219. The highest BCUT2D eigenvalue weighted by molar-refractivity contribution is 7.15. The van der Waals surface area contributed by atoms with Gasteiger partial charge in [0.1, 0.15) is 5.82 Å². The molecule has 0 aliphatic carbocycles. The maximum Gasteiger partial charge on any atom is 0.274 e. The topological polar surface area (TPSA) is 39.3 Å². The number of hydrogen-bond donors (Lipinski definition) is 0. The van der Waals surface area contributed by atoms with E-state index in [1.165, 1.54) is 17.4 Å². The molecule has 6 heteroatoms.